The van der Waals surface area contributed by atoms with Gasteiger partial charge in [0, 0.05) is 17.7 Å². The van der Waals surface area contributed by atoms with Gasteiger partial charge in [-0.2, -0.15) is 15.0 Å². The molecular weight excluding hydrogens is 446 g/mol. The molecule has 2 unspecified atom stereocenters. The van der Waals surface area contributed by atoms with Crippen LogP contribution in [0.2, 0.25) is 0 Å². The Morgan fingerprint density at radius 3 is 2.39 bits per heavy atom. The molecule has 186 valence electrons. The van der Waals surface area contributed by atoms with Gasteiger partial charge in [-0.05, 0) is 66.2 Å². The lowest BCUT2D eigenvalue weighted by Gasteiger charge is -2.32. The highest BCUT2D eigenvalue weighted by Gasteiger charge is 2.28. The molecule has 2 aromatic heterocycles. The highest BCUT2D eigenvalue weighted by atomic mass is 16.5. The van der Waals surface area contributed by atoms with E-state index in [0.717, 1.165) is 42.3 Å². The molecule has 0 amide bonds. The summed E-state index contributed by atoms with van der Waals surface area (Å²) >= 11 is 0. The van der Waals surface area contributed by atoms with Crippen molar-refractivity contribution in [2.24, 2.45) is 11.3 Å². The third kappa shape index (κ3) is 5.82. The number of pyridine rings is 1. The lowest BCUT2D eigenvalue weighted by Crippen LogP contribution is -2.19. The standard InChI is InChI=1S/C30H35N5O/c1-30(2,3)29(25-11-13-27(14-12-25)36-21-26-6-4-5-16-32-26)24-9-7-23(8-10-24)28-19-33-35(34-28)20-22-15-17-31-18-22/h4-14,16,19,22,29,31H,15,17-18,20-21H2,1-3H3. The van der Waals surface area contributed by atoms with Crippen LogP contribution in [0.4, 0.5) is 0 Å². The molecule has 0 bridgehead atoms. The van der Waals surface area contributed by atoms with Gasteiger partial charge in [0.1, 0.15) is 18.1 Å². The van der Waals surface area contributed by atoms with E-state index < -0.39 is 0 Å². The van der Waals surface area contributed by atoms with E-state index in [1.54, 1.807) is 6.20 Å². The van der Waals surface area contributed by atoms with Crippen LogP contribution in [-0.2, 0) is 13.2 Å². The minimum Gasteiger partial charge on any atom is -0.487 e. The number of hydrogen-bond donors (Lipinski definition) is 1. The van der Waals surface area contributed by atoms with Gasteiger partial charge >= 0.3 is 0 Å². The van der Waals surface area contributed by atoms with Crippen LogP contribution in [0.5, 0.6) is 5.75 Å². The quantitative estimate of drug-likeness (QED) is 0.349. The fraction of sp³-hybridized carbons (Fsp3) is 0.367. The summed E-state index contributed by atoms with van der Waals surface area (Å²) in [6, 6.07) is 23.2. The molecule has 4 aromatic rings. The maximum atomic E-state index is 5.95. The Balaban J connectivity index is 1.29. The lowest BCUT2D eigenvalue weighted by molar-refractivity contribution is 0.301. The monoisotopic (exact) mass is 481 g/mol. The molecule has 2 atom stereocenters. The smallest absolute Gasteiger partial charge is 0.130 e. The Labute approximate surface area is 213 Å². The molecule has 1 aliphatic heterocycles. The molecule has 1 aliphatic rings. The zero-order valence-corrected chi connectivity index (χ0v) is 21.4. The number of ether oxygens (including phenoxy) is 1. The van der Waals surface area contributed by atoms with Crippen molar-refractivity contribution in [2.45, 2.75) is 46.3 Å². The first-order valence-corrected chi connectivity index (χ1v) is 12.8. The summed E-state index contributed by atoms with van der Waals surface area (Å²) in [6.07, 6.45) is 4.86. The van der Waals surface area contributed by atoms with Crippen molar-refractivity contribution in [3.05, 3.63) is 95.9 Å². The molecule has 5 rings (SSSR count). The largest absolute Gasteiger partial charge is 0.487 e. The fourth-order valence-corrected chi connectivity index (χ4v) is 5.05. The van der Waals surface area contributed by atoms with Gasteiger partial charge in [0.25, 0.3) is 0 Å². The molecule has 2 aromatic carbocycles. The number of nitrogens with one attached hydrogen (secondary N) is 1. The molecular formula is C30H35N5O. The summed E-state index contributed by atoms with van der Waals surface area (Å²) in [5.74, 6) is 1.72. The molecule has 1 saturated heterocycles. The van der Waals surface area contributed by atoms with E-state index in [0.29, 0.717) is 12.5 Å². The normalized spacial score (nSPS) is 16.7. The molecule has 6 nitrogen and oxygen atoms in total. The zero-order valence-electron chi connectivity index (χ0n) is 21.4. The second kappa shape index (κ2) is 10.6. The molecule has 0 saturated carbocycles. The Kier molecular flexibility index (Phi) is 7.14. The summed E-state index contributed by atoms with van der Waals surface area (Å²) < 4.78 is 5.95. The van der Waals surface area contributed by atoms with E-state index in [1.807, 2.05) is 29.2 Å². The topological polar surface area (TPSA) is 64.9 Å². The van der Waals surface area contributed by atoms with Crippen LogP contribution >= 0.6 is 0 Å². The first kappa shape index (κ1) is 24.2. The van der Waals surface area contributed by atoms with Crippen molar-refractivity contribution in [3.8, 4) is 17.0 Å². The number of rotatable bonds is 8. The average molecular weight is 482 g/mol. The Bertz CT molecular complexity index is 1240. The predicted molar refractivity (Wildman–Crippen MR) is 143 cm³/mol. The van der Waals surface area contributed by atoms with Crippen molar-refractivity contribution < 1.29 is 4.74 Å². The fourth-order valence-electron chi connectivity index (χ4n) is 5.05. The summed E-state index contributed by atoms with van der Waals surface area (Å²) in [4.78, 5) is 6.17. The van der Waals surface area contributed by atoms with Gasteiger partial charge in [-0.15, -0.1) is 0 Å². The molecule has 6 heteroatoms. The van der Waals surface area contributed by atoms with Crippen LogP contribution in [0.3, 0.4) is 0 Å². The SMILES string of the molecule is CC(C)(C)C(c1ccc(OCc2ccccn2)cc1)c1ccc(-c2cnn(CC3CCNC3)n2)cc1. The molecule has 0 radical (unpaired) electrons. The summed E-state index contributed by atoms with van der Waals surface area (Å²) in [6.45, 7) is 10.4. The number of nitrogens with zero attached hydrogens (tertiary/aromatic N) is 4. The minimum absolute atomic E-state index is 0.0519. The molecule has 3 heterocycles. The number of aromatic nitrogens is 4. The van der Waals surface area contributed by atoms with Gasteiger partial charge in [0.05, 0.1) is 18.4 Å². The first-order chi connectivity index (χ1) is 17.5. The van der Waals surface area contributed by atoms with Crippen molar-refractivity contribution in [1.82, 2.24) is 25.3 Å². The van der Waals surface area contributed by atoms with Crippen LogP contribution in [0.1, 0.15) is 49.9 Å². The van der Waals surface area contributed by atoms with Gasteiger partial charge in [-0.3, -0.25) is 4.98 Å². The van der Waals surface area contributed by atoms with Crippen molar-refractivity contribution in [1.29, 1.82) is 0 Å². The van der Waals surface area contributed by atoms with Gasteiger partial charge in [0.2, 0.25) is 0 Å². The Hall–Kier alpha value is -3.51. The third-order valence-corrected chi connectivity index (χ3v) is 6.85. The van der Waals surface area contributed by atoms with Gasteiger partial charge in [0.15, 0.2) is 0 Å². The average Bonchev–Trinajstić information content (AvgIpc) is 3.57. The highest BCUT2D eigenvalue weighted by Crippen LogP contribution is 2.41. The summed E-state index contributed by atoms with van der Waals surface area (Å²) in [5.41, 5.74) is 5.56. The first-order valence-electron chi connectivity index (χ1n) is 12.8. The van der Waals surface area contributed by atoms with Crippen molar-refractivity contribution in [3.63, 3.8) is 0 Å². The summed E-state index contributed by atoms with van der Waals surface area (Å²) in [5, 5.41) is 12.6. The van der Waals surface area contributed by atoms with E-state index in [1.165, 1.54) is 17.5 Å². The van der Waals surface area contributed by atoms with Crippen LogP contribution in [-0.4, -0.2) is 33.1 Å². The van der Waals surface area contributed by atoms with Crippen LogP contribution in [0.25, 0.3) is 11.3 Å². The molecule has 0 aliphatic carbocycles. The zero-order chi connectivity index (χ0) is 25.0. The molecule has 1 N–H and O–H groups in total. The van der Waals surface area contributed by atoms with Crippen LogP contribution in [0, 0.1) is 11.3 Å². The van der Waals surface area contributed by atoms with E-state index >= 15 is 0 Å². The van der Waals surface area contributed by atoms with E-state index in [4.69, 9.17) is 9.84 Å². The Morgan fingerprint density at radius 2 is 1.75 bits per heavy atom. The highest BCUT2D eigenvalue weighted by molar-refractivity contribution is 5.58. The van der Waals surface area contributed by atoms with E-state index in [2.05, 4.69) is 84.7 Å². The second-order valence-corrected chi connectivity index (χ2v) is 10.7. The van der Waals surface area contributed by atoms with Gasteiger partial charge in [-0.25, -0.2) is 0 Å². The summed E-state index contributed by atoms with van der Waals surface area (Å²) in [7, 11) is 0. The number of hydrogen-bond acceptors (Lipinski definition) is 5. The maximum Gasteiger partial charge on any atom is 0.130 e. The molecule has 36 heavy (non-hydrogen) atoms. The Morgan fingerprint density at radius 1 is 1.00 bits per heavy atom. The third-order valence-electron chi connectivity index (χ3n) is 6.85. The van der Waals surface area contributed by atoms with Gasteiger partial charge < -0.3 is 10.1 Å². The van der Waals surface area contributed by atoms with Crippen molar-refractivity contribution in [2.75, 3.05) is 13.1 Å². The number of benzene rings is 2. The van der Waals surface area contributed by atoms with Crippen LogP contribution < -0.4 is 10.1 Å². The second-order valence-electron chi connectivity index (χ2n) is 10.7. The predicted octanol–water partition coefficient (Wildman–Crippen LogP) is 5.71. The van der Waals surface area contributed by atoms with Crippen LogP contribution in [0.15, 0.2) is 79.1 Å². The molecule has 0 spiro atoms. The van der Waals surface area contributed by atoms with Crippen molar-refractivity contribution >= 4 is 0 Å². The van der Waals surface area contributed by atoms with E-state index in [-0.39, 0.29) is 11.3 Å². The van der Waals surface area contributed by atoms with Gasteiger partial charge in [-0.1, -0.05) is 63.2 Å². The maximum absolute atomic E-state index is 5.95. The minimum atomic E-state index is 0.0519. The lowest BCUT2D eigenvalue weighted by atomic mass is 9.72. The van der Waals surface area contributed by atoms with E-state index in [9.17, 15) is 0 Å². The molecule has 1 fully saturated rings.